The predicted octanol–water partition coefficient (Wildman–Crippen LogP) is 29.9. The van der Waals surface area contributed by atoms with E-state index in [4.69, 9.17) is 0 Å². The third kappa shape index (κ3) is 12.5. The molecule has 22 aromatic rings. The maximum absolute atomic E-state index is 2.42. The van der Waals surface area contributed by atoms with Crippen LogP contribution < -0.4 is 14.7 Å². The van der Waals surface area contributed by atoms with E-state index in [-0.39, 0.29) is 0 Å². The number of benzene rings is 19. The highest BCUT2D eigenvalue weighted by molar-refractivity contribution is 6.25. The Balaban J connectivity index is 0.000000111. The Labute approximate surface area is 662 Å². The first-order chi connectivity index (χ1) is 56.6. The van der Waals surface area contributed by atoms with Crippen LogP contribution in [0.1, 0.15) is 0 Å². The highest BCUT2D eigenvalue weighted by Gasteiger charge is 2.25. The first kappa shape index (κ1) is 68.1. The lowest BCUT2D eigenvalue weighted by Crippen LogP contribution is -2.11. The molecule has 114 heavy (non-hydrogen) atoms. The van der Waals surface area contributed by atoms with Gasteiger partial charge in [0.05, 0.1) is 38.8 Å². The highest BCUT2D eigenvalue weighted by atomic mass is 15.2. The van der Waals surface area contributed by atoms with Crippen molar-refractivity contribution in [2.45, 2.75) is 0 Å². The summed E-state index contributed by atoms with van der Waals surface area (Å²) in [6, 6.07) is 165. The van der Waals surface area contributed by atoms with Gasteiger partial charge >= 0.3 is 0 Å². The zero-order chi connectivity index (χ0) is 75.7. The second-order valence-electron chi connectivity index (χ2n) is 28.7. The zero-order valence-corrected chi connectivity index (χ0v) is 62.6. The van der Waals surface area contributed by atoms with Crippen molar-refractivity contribution >= 4 is 149 Å². The summed E-state index contributed by atoms with van der Waals surface area (Å²) in [5.41, 5.74) is 23.3. The van der Waals surface area contributed by atoms with E-state index in [0.717, 1.165) is 68.2 Å². The van der Waals surface area contributed by atoms with Gasteiger partial charge in [0.1, 0.15) is 0 Å². The van der Waals surface area contributed by atoms with E-state index in [0.29, 0.717) is 0 Å². The smallest absolute Gasteiger partial charge is 0.0782 e. The molecule has 0 fully saturated rings. The molecule has 6 heteroatoms. The lowest BCUT2D eigenvalue weighted by molar-refractivity contribution is 1.17. The number of anilines is 9. The SMILES string of the molecule is c1ccc(-c2ccc(-n3c4ccc(N(c5ccccc5)c5ccccc5)cc4c4c5ccccc5ccc43)cc2)cc1.c1ccc(N(c2ccccc2)c2ccc3c4c5ccccc5ccc4n(-c4ccccc4)c3c2)cc1.c1ccc(N(c2ccccc2)c2cccc3c4c5ccccc5ccc4n(-c4ccccc4)c23)cc1. The van der Waals surface area contributed by atoms with E-state index in [2.05, 4.69) is 489 Å². The summed E-state index contributed by atoms with van der Waals surface area (Å²) in [6.07, 6.45) is 0. The first-order valence-electron chi connectivity index (χ1n) is 39.0. The van der Waals surface area contributed by atoms with E-state index in [1.807, 2.05) is 0 Å². The van der Waals surface area contributed by atoms with Crippen molar-refractivity contribution in [3.05, 3.63) is 461 Å². The molecule has 0 bridgehead atoms. The van der Waals surface area contributed by atoms with E-state index in [9.17, 15) is 0 Å². The summed E-state index contributed by atoms with van der Waals surface area (Å²) >= 11 is 0. The molecule has 22 rings (SSSR count). The van der Waals surface area contributed by atoms with Crippen molar-refractivity contribution in [1.82, 2.24) is 13.7 Å². The van der Waals surface area contributed by atoms with Crippen LogP contribution in [0.25, 0.3) is 126 Å². The van der Waals surface area contributed by atoms with Crippen molar-refractivity contribution in [3.8, 4) is 28.2 Å². The van der Waals surface area contributed by atoms with Gasteiger partial charge in [0, 0.05) is 94.9 Å². The molecule has 0 saturated heterocycles. The van der Waals surface area contributed by atoms with Crippen molar-refractivity contribution in [3.63, 3.8) is 0 Å². The molecule has 19 aromatic carbocycles. The van der Waals surface area contributed by atoms with Crippen LogP contribution in [0.15, 0.2) is 461 Å². The highest BCUT2D eigenvalue weighted by Crippen LogP contribution is 2.48. The fourth-order valence-electron chi connectivity index (χ4n) is 17.0. The molecule has 0 saturated carbocycles. The maximum Gasteiger partial charge on any atom is 0.0782 e. The summed E-state index contributed by atoms with van der Waals surface area (Å²) in [5, 5.41) is 15.2. The molecule has 0 aliphatic rings. The average Bonchev–Trinajstić information content (AvgIpc) is 1.56. The fraction of sp³-hybridized carbons (Fsp3) is 0. The summed E-state index contributed by atoms with van der Waals surface area (Å²) in [7, 11) is 0. The van der Waals surface area contributed by atoms with E-state index < -0.39 is 0 Å². The van der Waals surface area contributed by atoms with Crippen molar-refractivity contribution in [1.29, 1.82) is 0 Å². The van der Waals surface area contributed by atoms with Gasteiger partial charge in [-0.05, 0) is 207 Å². The molecule has 3 aromatic heterocycles. The van der Waals surface area contributed by atoms with Gasteiger partial charge in [-0.2, -0.15) is 0 Å². The Hall–Kier alpha value is -15.2. The molecular weight excluding hydrogens is 1380 g/mol. The second-order valence-corrected chi connectivity index (χ2v) is 28.7. The minimum atomic E-state index is 1.13. The van der Waals surface area contributed by atoms with Gasteiger partial charge in [0.2, 0.25) is 0 Å². The molecule has 0 amide bonds. The van der Waals surface area contributed by atoms with E-state index >= 15 is 0 Å². The largest absolute Gasteiger partial charge is 0.310 e. The summed E-state index contributed by atoms with van der Waals surface area (Å²) in [5.74, 6) is 0. The molecule has 0 unspecified atom stereocenters. The monoisotopic (exact) mass is 1460 g/mol. The Morgan fingerprint density at radius 3 is 0.930 bits per heavy atom. The molecule has 6 nitrogen and oxygen atoms in total. The summed E-state index contributed by atoms with van der Waals surface area (Å²) in [6.45, 7) is 0. The number of fused-ring (bicyclic) bond motifs is 15. The van der Waals surface area contributed by atoms with Crippen LogP contribution in [0, 0.1) is 0 Å². The number of rotatable bonds is 13. The molecule has 0 radical (unpaired) electrons. The molecule has 0 aliphatic carbocycles. The standard InChI is InChI=1S/C40H28N2.2C34H24N2/c1-4-12-29(13-5-1)30-20-23-34(24-21-30)42-38-27-25-35(41(32-15-6-2-7-16-32)33-17-8-3-9-18-33)28-37(38)40-36-19-11-10-14-31(36)22-26-39(40)42;1-4-14-26(15-5-1)35(27-16-6-2-7-17-27)32-22-12-21-30-33-29-20-11-10-13-25(29)23-24-31(33)36(34(30)32)28-18-8-3-9-19-28;1-4-13-26(14-5-1)35(27-15-6-2-7-16-27)29-21-22-31-33(24-29)36(28-17-8-3-9-18-28)32-23-20-25-12-10-11-19-30(25)34(31)32/h1-28H;2*1-24H. The normalized spacial score (nSPS) is 11.3. The maximum atomic E-state index is 2.42. The van der Waals surface area contributed by atoms with Crippen LogP contribution in [0.2, 0.25) is 0 Å². The molecule has 0 spiro atoms. The molecule has 538 valence electrons. The van der Waals surface area contributed by atoms with Crippen molar-refractivity contribution < 1.29 is 0 Å². The van der Waals surface area contributed by atoms with Gasteiger partial charge in [-0.15, -0.1) is 0 Å². The average molecular weight is 1460 g/mol. The Morgan fingerprint density at radius 1 is 0.158 bits per heavy atom. The minimum absolute atomic E-state index is 1.13. The number of para-hydroxylation sites is 9. The molecular formula is C108H76N6. The molecule has 3 heterocycles. The van der Waals surface area contributed by atoms with Gasteiger partial charge in [0.15, 0.2) is 0 Å². The van der Waals surface area contributed by atoms with Crippen LogP contribution in [-0.4, -0.2) is 13.7 Å². The van der Waals surface area contributed by atoms with E-state index in [1.165, 1.54) is 109 Å². The predicted molar refractivity (Wildman–Crippen MR) is 484 cm³/mol. The third-order valence-corrected chi connectivity index (χ3v) is 22.0. The lowest BCUT2D eigenvalue weighted by atomic mass is 10.0. The number of hydrogen-bond donors (Lipinski definition) is 0. The lowest BCUT2D eigenvalue weighted by Gasteiger charge is -2.27. The van der Waals surface area contributed by atoms with Crippen molar-refractivity contribution in [2.24, 2.45) is 0 Å². The number of hydrogen-bond acceptors (Lipinski definition) is 3. The number of nitrogens with zero attached hydrogens (tertiary/aromatic N) is 6. The summed E-state index contributed by atoms with van der Waals surface area (Å²) in [4.78, 5) is 7.02. The first-order valence-corrected chi connectivity index (χ1v) is 39.0. The quantitative estimate of drug-likeness (QED) is 0.115. The van der Waals surface area contributed by atoms with Crippen LogP contribution in [0.4, 0.5) is 51.2 Å². The Bertz CT molecular complexity index is 7060. The number of aromatic nitrogens is 3. The van der Waals surface area contributed by atoms with Crippen molar-refractivity contribution in [2.75, 3.05) is 14.7 Å². The van der Waals surface area contributed by atoms with Gasteiger partial charge in [0.25, 0.3) is 0 Å². The molecule has 0 atom stereocenters. The third-order valence-electron chi connectivity index (χ3n) is 22.0. The Morgan fingerprint density at radius 2 is 0.474 bits per heavy atom. The second kappa shape index (κ2) is 30.0. The summed E-state index contributed by atoms with van der Waals surface area (Å²) < 4.78 is 7.23. The van der Waals surface area contributed by atoms with Gasteiger partial charge < -0.3 is 28.4 Å². The van der Waals surface area contributed by atoms with Gasteiger partial charge in [-0.25, -0.2) is 0 Å². The van der Waals surface area contributed by atoms with Gasteiger partial charge in [-0.1, -0.05) is 297 Å². The molecule has 0 N–H and O–H groups in total. The van der Waals surface area contributed by atoms with Gasteiger partial charge in [-0.3, -0.25) is 0 Å². The minimum Gasteiger partial charge on any atom is -0.310 e. The fourth-order valence-corrected chi connectivity index (χ4v) is 17.0. The van der Waals surface area contributed by atoms with Crippen LogP contribution in [-0.2, 0) is 0 Å². The van der Waals surface area contributed by atoms with E-state index in [1.54, 1.807) is 0 Å². The molecule has 0 aliphatic heterocycles. The van der Waals surface area contributed by atoms with Crippen LogP contribution >= 0.6 is 0 Å². The van der Waals surface area contributed by atoms with Crippen LogP contribution in [0.5, 0.6) is 0 Å². The van der Waals surface area contributed by atoms with Crippen LogP contribution in [0.3, 0.4) is 0 Å². The zero-order valence-electron chi connectivity index (χ0n) is 62.6. The topological polar surface area (TPSA) is 24.5 Å². The Kier molecular flexibility index (Phi) is 17.9.